The van der Waals surface area contributed by atoms with E-state index in [-0.39, 0.29) is 0 Å². The van der Waals surface area contributed by atoms with Crippen molar-refractivity contribution in [2.75, 3.05) is 6.61 Å². The number of alkyl halides is 10. The van der Waals surface area contributed by atoms with Crippen LogP contribution in [-0.2, 0) is 4.74 Å². The van der Waals surface area contributed by atoms with Crippen LogP contribution < -0.4 is 0 Å². The van der Waals surface area contributed by atoms with E-state index in [4.69, 9.17) is 5.11 Å². The number of aliphatic hydroxyl groups excluding tert-OH is 1. The fourth-order valence-electron chi connectivity index (χ4n) is 0.527. The Bertz CT molecular complexity index is 325. The molecule has 1 unspecified atom stereocenters. The van der Waals surface area contributed by atoms with Gasteiger partial charge in [-0.3, -0.25) is 4.74 Å². The van der Waals surface area contributed by atoms with Crippen molar-refractivity contribution in [1.29, 1.82) is 0 Å². The van der Waals surface area contributed by atoms with E-state index in [0.29, 0.717) is 0 Å². The first-order valence-corrected chi connectivity index (χ1v) is 4.80. The minimum Gasteiger partial charge on any atom is -0.390 e. The molecule has 0 aromatic heterocycles. The van der Waals surface area contributed by atoms with Gasteiger partial charge in [0.05, 0.1) is 0 Å². The average Bonchev–Trinajstić information content (AvgIpc) is 2.27. The molecule has 0 aliphatic rings. The van der Waals surface area contributed by atoms with E-state index in [1.54, 1.807) is 6.08 Å². The summed E-state index contributed by atoms with van der Waals surface area (Å²) in [6.45, 7) is 2.82. The zero-order valence-corrected chi connectivity index (χ0v) is 10.2. The number of halogens is 10. The molecule has 128 valence electrons. The summed E-state index contributed by atoms with van der Waals surface area (Å²) in [6.07, 6.45) is -16.2. The predicted octanol–water partition coefficient (Wildman–Crippen LogP) is 3.91. The third kappa shape index (κ3) is 5.69. The molecule has 2 nitrogen and oxygen atoms in total. The third-order valence-electron chi connectivity index (χ3n) is 1.52. The van der Waals surface area contributed by atoms with E-state index in [9.17, 15) is 43.9 Å². The summed E-state index contributed by atoms with van der Waals surface area (Å²) in [4.78, 5) is 0. The fraction of sp³-hybridized carbons (Fsp3) is 0.778. The molecular weight excluding hydrogens is 330 g/mol. The van der Waals surface area contributed by atoms with Gasteiger partial charge in [0.1, 0.15) is 6.61 Å². The standard InChI is InChI=1S/C6H4F10O2.C3H6/c7-2(3(8,9)1-17)18-6(15,16)4(10,11)5(12,13)14;1-3-2/h2,17H,1H2;3H,1H2,2H3. The van der Waals surface area contributed by atoms with E-state index in [1.807, 2.05) is 6.92 Å². The first-order chi connectivity index (χ1) is 9.10. The Morgan fingerprint density at radius 2 is 1.38 bits per heavy atom. The van der Waals surface area contributed by atoms with Gasteiger partial charge in [-0.05, 0) is 6.92 Å². The van der Waals surface area contributed by atoms with Gasteiger partial charge < -0.3 is 5.11 Å². The summed E-state index contributed by atoms with van der Waals surface area (Å²) in [6, 6.07) is 0. The van der Waals surface area contributed by atoms with Crippen molar-refractivity contribution >= 4 is 0 Å². The molecule has 1 atom stereocenters. The quantitative estimate of drug-likeness (QED) is 0.607. The predicted molar refractivity (Wildman–Crippen MR) is 49.8 cm³/mol. The van der Waals surface area contributed by atoms with Gasteiger partial charge in [0.25, 0.3) is 6.36 Å². The molecule has 0 aliphatic carbocycles. The highest BCUT2D eigenvalue weighted by molar-refractivity contribution is 4.86. The number of rotatable bonds is 5. The summed E-state index contributed by atoms with van der Waals surface area (Å²) in [7, 11) is 0. The van der Waals surface area contributed by atoms with Crippen LogP contribution in [0.25, 0.3) is 0 Å². The van der Waals surface area contributed by atoms with Crippen LogP contribution in [0.15, 0.2) is 12.7 Å². The monoisotopic (exact) mass is 340 g/mol. The van der Waals surface area contributed by atoms with Crippen molar-refractivity contribution in [2.24, 2.45) is 0 Å². The Hall–Kier alpha value is -1.04. The lowest BCUT2D eigenvalue weighted by molar-refractivity contribution is -0.450. The molecule has 0 aromatic carbocycles. The van der Waals surface area contributed by atoms with Crippen molar-refractivity contribution in [1.82, 2.24) is 0 Å². The third-order valence-corrected chi connectivity index (χ3v) is 1.52. The van der Waals surface area contributed by atoms with E-state index in [0.717, 1.165) is 0 Å². The maximum Gasteiger partial charge on any atom is 0.462 e. The molecule has 0 radical (unpaired) electrons. The highest BCUT2D eigenvalue weighted by atomic mass is 19.4. The number of hydrogen-bond acceptors (Lipinski definition) is 2. The normalized spacial score (nSPS) is 15.0. The topological polar surface area (TPSA) is 29.5 Å². The van der Waals surface area contributed by atoms with Crippen molar-refractivity contribution in [3.05, 3.63) is 12.7 Å². The molecule has 0 bridgehead atoms. The van der Waals surface area contributed by atoms with Gasteiger partial charge in [0.2, 0.25) is 0 Å². The van der Waals surface area contributed by atoms with Crippen LogP contribution in [0.2, 0.25) is 0 Å². The SMILES string of the molecule is C=CC.OCC(F)(F)C(F)OC(F)(F)C(F)(F)C(F)(F)F. The number of hydrogen-bond donors (Lipinski definition) is 1. The summed E-state index contributed by atoms with van der Waals surface area (Å²) in [5.74, 6) is -11.9. The van der Waals surface area contributed by atoms with Crippen molar-refractivity contribution in [3.63, 3.8) is 0 Å². The maximum absolute atomic E-state index is 12.3. The molecule has 0 fully saturated rings. The van der Waals surface area contributed by atoms with Gasteiger partial charge in [-0.25, -0.2) is 4.39 Å². The second kappa shape index (κ2) is 7.29. The molecule has 1 N–H and O–H groups in total. The summed E-state index contributed by atoms with van der Waals surface area (Å²) in [5, 5.41) is 7.80. The molecule has 0 rings (SSSR count). The molecule has 0 aromatic rings. The lowest BCUT2D eigenvalue weighted by Gasteiger charge is -2.30. The lowest BCUT2D eigenvalue weighted by atomic mass is 10.3. The minimum atomic E-state index is -6.88. The molecule has 0 amide bonds. The zero-order valence-electron chi connectivity index (χ0n) is 10.2. The summed E-state index contributed by atoms with van der Waals surface area (Å²) >= 11 is 0. The molecule has 0 saturated carbocycles. The molecule has 0 aliphatic heterocycles. The van der Waals surface area contributed by atoms with Gasteiger partial charge in [-0.15, -0.1) is 6.58 Å². The number of allylic oxidation sites excluding steroid dienone is 1. The minimum absolute atomic E-state index is 1.75. The smallest absolute Gasteiger partial charge is 0.390 e. The Labute approximate surface area is 112 Å². The van der Waals surface area contributed by atoms with Crippen LogP contribution in [0.1, 0.15) is 6.92 Å². The van der Waals surface area contributed by atoms with Crippen LogP contribution in [-0.4, -0.2) is 42.2 Å². The Balaban J connectivity index is 0. The first kappa shape index (κ1) is 22.2. The Morgan fingerprint density at radius 3 is 1.62 bits per heavy atom. The lowest BCUT2D eigenvalue weighted by Crippen LogP contribution is -2.56. The van der Waals surface area contributed by atoms with Gasteiger partial charge in [0, 0.05) is 0 Å². The van der Waals surface area contributed by atoms with E-state index in [2.05, 4.69) is 11.3 Å². The van der Waals surface area contributed by atoms with Gasteiger partial charge in [-0.1, -0.05) is 6.08 Å². The van der Waals surface area contributed by atoms with Crippen LogP contribution in [0.4, 0.5) is 43.9 Å². The second-order valence-electron chi connectivity index (χ2n) is 3.35. The van der Waals surface area contributed by atoms with Crippen molar-refractivity contribution < 1.29 is 53.7 Å². The molecule has 21 heavy (non-hydrogen) atoms. The average molecular weight is 340 g/mol. The highest BCUT2D eigenvalue weighted by Crippen LogP contribution is 2.48. The Kier molecular flexibility index (Phi) is 7.72. The first-order valence-electron chi connectivity index (χ1n) is 4.80. The molecule has 0 spiro atoms. The van der Waals surface area contributed by atoms with Crippen molar-refractivity contribution in [2.45, 2.75) is 37.4 Å². The van der Waals surface area contributed by atoms with Crippen LogP contribution >= 0.6 is 0 Å². The summed E-state index contributed by atoms with van der Waals surface area (Å²) < 4.78 is 122. The second-order valence-corrected chi connectivity index (χ2v) is 3.35. The molecule has 0 heterocycles. The van der Waals surface area contributed by atoms with Crippen LogP contribution in [0.5, 0.6) is 0 Å². The van der Waals surface area contributed by atoms with Gasteiger partial charge in [-0.2, -0.15) is 39.5 Å². The van der Waals surface area contributed by atoms with Gasteiger partial charge >= 0.3 is 24.1 Å². The largest absolute Gasteiger partial charge is 0.462 e. The number of ether oxygens (including phenoxy) is 1. The Morgan fingerprint density at radius 1 is 1.05 bits per heavy atom. The molecular formula is C9H10F10O2. The summed E-state index contributed by atoms with van der Waals surface area (Å²) in [5.41, 5.74) is 0. The molecule has 12 heteroatoms. The van der Waals surface area contributed by atoms with Crippen molar-refractivity contribution in [3.8, 4) is 0 Å². The zero-order chi connectivity index (χ0) is 17.7. The molecule has 0 saturated heterocycles. The van der Waals surface area contributed by atoms with Crippen LogP contribution in [0, 0.1) is 0 Å². The van der Waals surface area contributed by atoms with Crippen LogP contribution in [0.3, 0.4) is 0 Å². The maximum atomic E-state index is 12.3. The van der Waals surface area contributed by atoms with E-state index >= 15 is 0 Å². The fourth-order valence-corrected chi connectivity index (χ4v) is 0.527. The van der Waals surface area contributed by atoms with Gasteiger partial charge in [0.15, 0.2) is 0 Å². The van der Waals surface area contributed by atoms with E-state index < -0.39 is 37.1 Å². The number of aliphatic hydroxyl groups is 1. The van der Waals surface area contributed by atoms with E-state index in [1.165, 1.54) is 0 Å². The highest BCUT2D eigenvalue weighted by Gasteiger charge is 2.75.